The molecule has 0 unspecified atom stereocenters. The van der Waals surface area contributed by atoms with Crippen molar-refractivity contribution in [1.29, 1.82) is 0 Å². The lowest BCUT2D eigenvalue weighted by Crippen LogP contribution is -2.44. The Bertz CT molecular complexity index is 966. The largest absolute Gasteiger partial charge is 0.365 e. The number of primary amides is 1. The highest BCUT2D eigenvalue weighted by atomic mass is 32.1. The molecule has 31 heavy (non-hydrogen) atoms. The van der Waals surface area contributed by atoms with E-state index in [9.17, 15) is 14.4 Å². The van der Waals surface area contributed by atoms with Gasteiger partial charge in [0.2, 0.25) is 11.8 Å². The molecule has 1 heterocycles. The summed E-state index contributed by atoms with van der Waals surface area (Å²) in [6, 6.07) is 9.97. The topological polar surface area (TPSA) is 92.5 Å². The van der Waals surface area contributed by atoms with E-state index in [-0.39, 0.29) is 24.3 Å². The number of benzene rings is 1. The van der Waals surface area contributed by atoms with Crippen molar-refractivity contribution in [1.82, 2.24) is 4.90 Å². The van der Waals surface area contributed by atoms with Crippen molar-refractivity contribution < 1.29 is 14.4 Å². The second-order valence-electron chi connectivity index (χ2n) is 8.45. The normalized spacial score (nSPS) is 15.6. The van der Waals surface area contributed by atoms with Crippen LogP contribution in [0.4, 0.5) is 5.00 Å². The third kappa shape index (κ3) is 4.98. The number of thiophene rings is 1. The maximum Gasteiger partial charge on any atom is 0.251 e. The second-order valence-corrected chi connectivity index (χ2v) is 9.56. The van der Waals surface area contributed by atoms with E-state index in [1.165, 1.54) is 11.3 Å². The number of rotatable bonds is 8. The molecule has 7 heteroatoms. The molecule has 164 valence electrons. The van der Waals surface area contributed by atoms with Crippen molar-refractivity contribution in [2.45, 2.75) is 51.4 Å². The number of hydrogen-bond acceptors (Lipinski definition) is 4. The van der Waals surface area contributed by atoms with Crippen LogP contribution in [-0.2, 0) is 28.9 Å². The zero-order chi connectivity index (χ0) is 21.8. The molecular weight excluding hydrogens is 410 g/mol. The van der Waals surface area contributed by atoms with E-state index in [2.05, 4.69) is 5.32 Å². The summed E-state index contributed by atoms with van der Waals surface area (Å²) in [5.74, 6) is -0.695. The number of hydrogen-bond donors (Lipinski definition) is 2. The zero-order valence-corrected chi connectivity index (χ0v) is 18.5. The molecule has 0 aliphatic heterocycles. The number of carbonyl (C=O) groups excluding carboxylic acids is 3. The Morgan fingerprint density at radius 1 is 1.06 bits per heavy atom. The number of fused-ring (bicyclic) bond motifs is 1. The van der Waals surface area contributed by atoms with E-state index >= 15 is 0 Å². The van der Waals surface area contributed by atoms with Crippen LogP contribution in [0, 0.1) is 5.92 Å². The van der Waals surface area contributed by atoms with Gasteiger partial charge >= 0.3 is 0 Å². The number of carbonyl (C=O) groups is 3. The number of amides is 3. The predicted octanol–water partition coefficient (Wildman–Crippen LogP) is 3.54. The summed E-state index contributed by atoms with van der Waals surface area (Å²) >= 11 is 1.45. The van der Waals surface area contributed by atoms with Crippen LogP contribution in [0.3, 0.4) is 0 Å². The minimum absolute atomic E-state index is 0.0110. The van der Waals surface area contributed by atoms with Crippen LogP contribution in [0.15, 0.2) is 30.3 Å². The molecule has 0 atom stereocenters. The molecule has 1 saturated carbocycles. The van der Waals surface area contributed by atoms with E-state index in [0.29, 0.717) is 23.5 Å². The molecule has 2 aliphatic carbocycles. The summed E-state index contributed by atoms with van der Waals surface area (Å²) in [5.41, 5.74) is 8.22. The van der Waals surface area contributed by atoms with Gasteiger partial charge in [-0.05, 0) is 56.1 Å². The Balaban J connectivity index is 1.46. The van der Waals surface area contributed by atoms with Crippen molar-refractivity contribution >= 4 is 34.1 Å². The lowest BCUT2D eigenvalue weighted by Gasteiger charge is -2.31. The number of anilines is 1. The molecule has 0 bridgehead atoms. The van der Waals surface area contributed by atoms with Gasteiger partial charge in [-0.25, -0.2) is 0 Å². The van der Waals surface area contributed by atoms with Crippen LogP contribution >= 0.6 is 11.3 Å². The van der Waals surface area contributed by atoms with E-state index in [1.807, 2.05) is 30.3 Å². The molecule has 4 rings (SSSR count). The summed E-state index contributed by atoms with van der Waals surface area (Å²) in [7, 11) is 0. The molecule has 6 nitrogen and oxygen atoms in total. The Morgan fingerprint density at radius 2 is 1.81 bits per heavy atom. The molecule has 2 aliphatic rings. The van der Waals surface area contributed by atoms with Crippen molar-refractivity contribution in [3.63, 3.8) is 0 Å². The molecule has 0 spiro atoms. The molecule has 1 aromatic heterocycles. The third-order valence-corrected chi connectivity index (χ3v) is 7.49. The zero-order valence-electron chi connectivity index (χ0n) is 17.7. The van der Waals surface area contributed by atoms with E-state index in [4.69, 9.17) is 5.73 Å². The monoisotopic (exact) mass is 439 g/mol. The summed E-state index contributed by atoms with van der Waals surface area (Å²) in [4.78, 5) is 40.7. The Kier molecular flexibility index (Phi) is 6.70. The first-order valence-electron chi connectivity index (χ1n) is 11.1. The van der Waals surface area contributed by atoms with Gasteiger partial charge in [-0.15, -0.1) is 11.3 Å². The molecular formula is C24H29N3O3S. The van der Waals surface area contributed by atoms with Gasteiger partial charge in [-0.1, -0.05) is 36.8 Å². The van der Waals surface area contributed by atoms with Gasteiger partial charge < -0.3 is 16.0 Å². The van der Waals surface area contributed by atoms with Crippen LogP contribution in [0.1, 0.15) is 58.5 Å². The van der Waals surface area contributed by atoms with Crippen LogP contribution in [0.25, 0.3) is 0 Å². The average Bonchev–Trinajstić information content (AvgIpc) is 3.08. The van der Waals surface area contributed by atoms with Crippen molar-refractivity contribution in [3.05, 3.63) is 51.9 Å². The maximum atomic E-state index is 12.9. The highest BCUT2D eigenvalue weighted by Gasteiger charge is 2.31. The van der Waals surface area contributed by atoms with Gasteiger partial charge in [0, 0.05) is 17.3 Å². The smallest absolute Gasteiger partial charge is 0.251 e. The van der Waals surface area contributed by atoms with Gasteiger partial charge in [-0.3, -0.25) is 14.4 Å². The minimum Gasteiger partial charge on any atom is -0.365 e. The summed E-state index contributed by atoms with van der Waals surface area (Å²) in [6.07, 6.45) is 7.41. The standard InChI is InChI=1S/C24H29N3O3S/c25-22(29)21-18-11-4-5-12-19(18)31-23(21)26-20(28)15-27(24(30)17-9-6-10-17)14-13-16-7-2-1-3-8-16/h1-3,7-8,17H,4-6,9-15H2,(H2,25,29)(H,26,28). The lowest BCUT2D eigenvalue weighted by molar-refractivity contribution is -0.140. The third-order valence-electron chi connectivity index (χ3n) is 6.28. The van der Waals surface area contributed by atoms with Gasteiger partial charge in [0.25, 0.3) is 5.91 Å². The summed E-state index contributed by atoms with van der Waals surface area (Å²) in [5, 5.41) is 3.42. The summed E-state index contributed by atoms with van der Waals surface area (Å²) in [6.45, 7) is 0.485. The van der Waals surface area contributed by atoms with E-state index in [0.717, 1.165) is 60.9 Å². The fourth-order valence-electron chi connectivity index (χ4n) is 4.34. The van der Waals surface area contributed by atoms with Gasteiger partial charge in [0.05, 0.1) is 12.1 Å². The van der Waals surface area contributed by atoms with E-state index < -0.39 is 5.91 Å². The first-order chi connectivity index (χ1) is 15.0. The van der Waals surface area contributed by atoms with Crippen LogP contribution < -0.4 is 11.1 Å². The molecule has 3 amide bonds. The molecule has 0 saturated heterocycles. The molecule has 3 N–H and O–H groups in total. The minimum atomic E-state index is -0.499. The fraction of sp³-hybridized carbons (Fsp3) is 0.458. The Labute approximate surface area is 186 Å². The molecule has 1 fully saturated rings. The molecule has 1 aromatic carbocycles. The number of nitrogens with one attached hydrogen (secondary N) is 1. The number of nitrogens with zero attached hydrogens (tertiary/aromatic N) is 1. The summed E-state index contributed by atoms with van der Waals surface area (Å²) < 4.78 is 0. The highest BCUT2D eigenvalue weighted by molar-refractivity contribution is 7.17. The van der Waals surface area contributed by atoms with Crippen molar-refractivity contribution in [3.8, 4) is 0 Å². The SMILES string of the molecule is NC(=O)c1c(NC(=O)CN(CCc2ccccc2)C(=O)C2CCC2)sc2c1CCCC2. The second kappa shape index (κ2) is 9.64. The van der Waals surface area contributed by atoms with Gasteiger partial charge in [-0.2, -0.15) is 0 Å². The Morgan fingerprint density at radius 3 is 2.48 bits per heavy atom. The van der Waals surface area contributed by atoms with Crippen LogP contribution in [0.2, 0.25) is 0 Å². The highest BCUT2D eigenvalue weighted by Crippen LogP contribution is 2.38. The average molecular weight is 440 g/mol. The molecule has 2 aromatic rings. The maximum absolute atomic E-state index is 12.9. The van der Waals surface area contributed by atoms with Crippen LogP contribution in [-0.4, -0.2) is 35.7 Å². The van der Waals surface area contributed by atoms with Crippen molar-refractivity contribution in [2.24, 2.45) is 11.7 Å². The number of nitrogens with two attached hydrogens (primary N) is 1. The Hall–Kier alpha value is -2.67. The lowest BCUT2D eigenvalue weighted by atomic mass is 9.84. The van der Waals surface area contributed by atoms with Gasteiger partial charge in [0.15, 0.2) is 0 Å². The van der Waals surface area contributed by atoms with E-state index in [1.54, 1.807) is 4.90 Å². The predicted molar refractivity (Wildman–Crippen MR) is 122 cm³/mol. The van der Waals surface area contributed by atoms with Gasteiger partial charge in [0.1, 0.15) is 5.00 Å². The van der Waals surface area contributed by atoms with Crippen LogP contribution in [0.5, 0.6) is 0 Å². The fourth-order valence-corrected chi connectivity index (χ4v) is 5.65. The first kappa shape index (κ1) is 21.6. The first-order valence-corrected chi connectivity index (χ1v) is 11.9. The quantitative estimate of drug-likeness (QED) is 0.659. The molecule has 0 radical (unpaired) electrons. The van der Waals surface area contributed by atoms with Crippen molar-refractivity contribution in [2.75, 3.05) is 18.4 Å². The number of aryl methyl sites for hydroxylation is 1.